The quantitative estimate of drug-likeness (QED) is 0.0112. The Bertz CT molecular complexity index is 1370. The monoisotopic (exact) mass is 935 g/mol. The summed E-state index contributed by atoms with van der Waals surface area (Å²) in [7, 11) is -9.75. The van der Waals surface area contributed by atoms with Crippen LogP contribution in [0.3, 0.4) is 0 Å². The molecule has 0 aliphatic rings. The number of phosphoric acid groups is 2. The SMILES string of the molecule is CCCCC/C=C\C/C=C\C/C=C\C=C\C(=O)CCCC(=O)OC[C@H](COP(=O)(O)OC[C@@H](O)COP(=O)(O)O)OC(=O)CCCCCCCCCCCCCCCCCC(C)C. The lowest BCUT2D eigenvalue weighted by molar-refractivity contribution is -0.161. The molecule has 4 N–H and O–H groups in total. The zero-order chi connectivity index (χ0) is 46.9. The molecular weight excluding hydrogens is 850 g/mol. The standard InChI is InChI=1S/C47H84O14P2/c1-4-5-6-7-8-9-10-14-18-21-24-27-30-34-43(48)35-32-37-46(50)57-40-45(41-60-63(55,56)59-39-44(49)38-58-62(52,53)54)61-47(51)36-31-28-25-22-19-16-13-11-12-15-17-20-23-26-29-33-42(2)3/h8-9,14,18,24,27,30,34,42,44-45,49H,4-7,10-13,15-17,19-23,25-26,28-29,31-33,35-41H2,1-3H3,(H,55,56)(H2,52,53,54)/b9-8-,18-14-,27-24-,34-30+/t44-,45+/m0/s1. The Morgan fingerprint density at radius 2 is 1.08 bits per heavy atom. The highest BCUT2D eigenvalue weighted by molar-refractivity contribution is 7.47. The Balaban J connectivity index is 4.63. The summed E-state index contributed by atoms with van der Waals surface area (Å²) in [5.74, 6) is -0.635. The largest absolute Gasteiger partial charge is 0.472 e. The number of phosphoric ester groups is 2. The fourth-order valence-electron chi connectivity index (χ4n) is 6.25. The van der Waals surface area contributed by atoms with Crippen molar-refractivity contribution in [1.29, 1.82) is 0 Å². The molecule has 0 fully saturated rings. The van der Waals surface area contributed by atoms with Gasteiger partial charge in [0.15, 0.2) is 11.9 Å². The van der Waals surface area contributed by atoms with Crippen LogP contribution in [0.4, 0.5) is 0 Å². The van der Waals surface area contributed by atoms with E-state index in [2.05, 4.69) is 54.1 Å². The van der Waals surface area contributed by atoms with Gasteiger partial charge in [0.2, 0.25) is 0 Å². The summed E-state index contributed by atoms with van der Waals surface area (Å²) in [6, 6.07) is 0. The van der Waals surface area contributed by atoms with Gasteiger partial charge in [-0.25, -0.2) is 9.13 Å². The smallest absolute Gasteiger partial charge is 0.462 e. The van der Waals surface area contributed by atoms with Crippen molar-refractivity contribution >= 4 is 33.4 Å². The van der Waals surface area contributed by atoms with Crippen LogP contribution in [-0.2, 0) is 46.6 Å². The van der Waals surface area contributed by atoms with Gasteiger partial charge < -0.3 is 29.3 Å². The second-order valence-corrected chi connectivity index (χ2v) is 19.2. The number of rotatable bonds is 44. The molecule has 366 valence electrons. The molecule has 63 heavy (non-hydrogen) atoms. The Morgan fingerprint density at radius 1 is 0.556 bits per heavy atom. The summed E-state index contributed by atoms with van der Waals surface area (Å²) in [5, 5.41) is 9.76. The third-order valence-electron chi connectivity index (χ3n) is 9.86. The van der Waals surface area contributed by atoms with Crippen LogP contribution in [0.15, 0.2) is 48.6 Å². The third kappa shape index (κ3) is 46.1. The van der Waals surface area contributed by atoms with Crippen LogP contribution in [-0.4, -0.2) is 76.1 Å². The first-order chi connectivity index (χ1) is 30.1. The summed E-state index contributed by atoms with van der Waals surface area (Å²) in [6.07, 6.45) is 38.3. The second kappa shape index (κ2) is 41.2. The molecule has 0 aliphatic carbocycles. The van der Waals surface area contributed by atoms with Crippen LogP contribution < -0.4 is 0 Å². The van der Waals surface area contributed by atoms with E-state index in [0.29, 0.717) is 6.42 Å². The first-order valence-corrected chi connectivity index (χ1v) is 26.7. The fraction of sp³-hybridized carbons (Fsp3) is 0.766. The number of carbonyl (C=O) groups is 3. The van der Waals surface area contributed by atoms with E-state index in [9.17, 15) is 33.5 Å². The van der Waals surface area contributed by atoms with Crippen LogP contribution in [0, 0.1) is 5.92 Å². The molecule has 0 saturated carbocycles. The number of ether oxygens (including phenoxy) is 2. The van der Waals surface area contributed by atoms with Gasteiger partial charge in [-0.2, -0.15) is 0 Å². The van der Waals surface area contributed by atoms with E-state index in [1.807, 2.05) is 6.08 Å². The maximum atomic E-state index is 12.7. The third-order valence-corrected chi connectivity index (χ3v) is 11.3. The van der Waals surface area contributed by atoms with Crippen LogP contribution in [0.5, 0.6) is 0 Å². The van der Waals surface area contributed by atoms with E-state index in [-0.39, 0.29) is 31.5 Å². The van der Waals surface area contributed by atoms with Crippen molar-refractivity contribution in [2.75, 3.05) is 26.4 Å². The van der Waals surface area contributed by atoms with Crippen molar-refractivity contribution in [1.82, 2.24) is 0 Å². The molecule has 0 aromatic rings. The molecule has 1 unspecified atom stereocenters. The average molecular weight is 935 g/mol. The van der Waals surface area contributed by atoms with Gasteiger partial charge in [-0.15, -0.1) is 0 Å². The van der Waals surface area contributed by atoms with E-state index in [0.717, 1.165) is 50.9 Å². The number of hydrogen-bond donors (Lipinski definition) is 4. The minimum atomic E-state index is -4.89. The Hall–Kier alpha value is -2.25. The zero-order valence-corrected chi connectivity index (χ0v) is 40.6. The first kappa shape index (κ1) is 60.8. The maximum Gasteiger partial charge on any atom is 0.472 e. The van der Waals surface area contributed by atoms with Crippen LogP contribution in [0.1, 0.15) is 188 Å². The van der Waals surface area contributed by atoms with Gasteiger partial charge >= 0.3 is 27.6 Å². The first-order valence-electron chi connectivity index (χ1n) is 23.6. The molecule has 3 atom stereocenters. The number of aliphatic hydroxyl groups is 1. The van der Waals surface area contributed by atoms with E-state index in [4.69, 9.17) is 23.8 Å². The van der Waals surface area contributed by atoms with Gasteiger partial charge in [0, 0.05) is 19.3 Å². The van der Waals surface area contributed by atoms with E-state index < -0.39 is 66.2 Å². The molecule has 0 aliphatic heterocycles. The number of unbranched alkanes of at least 4 members (excludes halogenated alkanes) is 17. The average Bonchev–Trinajstić information content (AvgIpc) is 3.22. The highest BCUT2D eigenvalue weighted by atomic mass is 31.2. The lowest BCUT2D eigenvalue weighted by Gasteiger charge is -2.20. The summed E-state index contributed by atoms with van der Waals surface area (Å²) >= 11 is 0. The van der Waals surface area contributed by atoms with Crippen molar-refractivity contribution in [3.05, 3.63) is 48.6 Å². The van der Waals surface area contributed by atoms with Crippen molar-refractivity contribution in [3.8, 4) is 0 Å². The molecule has 0 saturated heterocycles. The number of hydrogen-bond acceptors (Lipinski definition) is 11. The summed E-state index contributed by atoms with van der Waals surface area (Å²) in [4.78, 5) is 65.0. The summed E-state index contributed by atoms with van der Waals surface area (Å²) in [5.41, 5.74) is 0. The molecule has 0 rings (SSSR count). The lowest BCUT2D eigenvalue weighted by atomic mass is 10.0. The van der Waals surface area contributed by atoms with Gasteiger partial charge in [0.1, 0.15) is 12.7 Å². The molecule has 16 heteroatoms. The highest BCUT2D eigenvalue weighted by Crippen LogP contribution is 2.43. The van der Waals surface area contributed by atoms with Crippen molar-refractivity contribution in [2.45, 2.75) is 200 Å². The number of carbonyl (C=O) groups excluding carboxylic acids is 3. The minimum Gasteiger partial charge on any atom is -0.462 e. The normalized spacial score (nSPS) is 14.3. The predicted octanol–water partition coefficient (Wildman–Crippen LogP) is 11.7. The molecule has 0 bridgehead atoms. The van der Waals surface area contributed by atoms with E-state index in [1.165, 1.54) is 96.0 Å². The lowest BCUT2D eigenvalue weighted by Crippen LogP contribution is -2.30. The molecular formula is C47H84O14P2. The second-order valence-electron chi connectivity index (χ2n) is 16.5. The topological polar surface area (TPSA) is 212 Å². The number of ketones is 1. The van der Waals surface area contributed by atoms with E-state index in [1.54, 1.807) is 12.2 Å². The van der Waals surface area contributed by atoms with Gasteiger partial charge in [0.05, 0.1) is 19.8 Å². The van der Waals surface area contributed by atoms with Crippen molar-refractivity contribution in [3.63, 3.8) is 0 Å². The van der Waals surface area contributed by atoms with Crippen molar-refractivity contribution < 1.29 is 66.3 Å². The van der Waals surface area contributed by atoms with Crippen LogP contribution in [0.2, 0.25) is 0 Å². The number of esters is 2. The Morgan fingerprint density at radius 3 is 1.67 bits per heavy atom. The fourth-order valence-corrected chi connectivity index (χ4v) is 7.41. The van der Waals surface area contributed by atoms with Gasteiger partial charge in [0.25, 0.3) is 0 Å². The van der Waals surface area contributed by atoms with Gasteiger partial charge in [-0.05, 0) is 50.5 Å². The van der Waals surface area contributed by atoms with Gasteiger partial charge in [-0.1, -0.05) is 172 Å². The highest BCUT2D eigenvalue weighted by Gasteiger charge is 2.28. The number of aliphatic hydroxyl groups excluding tert-OH is 1. The molecule has 0 aromatic carbocycles. The zero-order valence-electron chi connectivity index (χ0n) is 38.8. The molecule has 0 amide bonds. The summed E-state index contributed by atoms with van der Waals surface area (Å²) < 4.78 is 47.7. The minimum absolute atomic E-state index is 0.0829. The maximum absolute atomic E-state index is 12.7. The molecule has 0 heterocycles. The van der Waals surface area contributed by atoms with Gasteiger partial charge in [-0.3, -0.25) is 28.0 Å². The Kier molecular flexibility index (Phi) is 39.7. The predicted molar refractivity (Wildman–Crippen MR) is 249 cm³/mol. The van der Waals surface area contributed by atoms with E-state index >= 15 is 0 Å². The van der Waals surface area contributed by atoms with Crippen LogP contribution >= 0.6 is 15.6 Å². The molecule has 0 aromatic heterocycles. The molecule has 0 radical (unpaired) electrons. The molecule has 0 spiro atoms. The Labute approximate surface area is 379 Å². The molecule has 14 nitrogen and oxygen atoms in total. The summed E-state index contributed by atoms with van der Waals surface area (Å²) in [6.45, 7) is 3.81. The van der Waals surface area contributed by atoms with Crippen LogP contribution in [0.25, 0.3) is 0 Å². The van der Waals surface area contributed by atoms with Crippen molar-refractivity contribution in [2.24, 2.45) is 5.92 Å². The number of allylic oxidation sites excluding steroid dienone is 8.